The number of nitrogens with one attached hydrogen (secondary N) is 2. The van der Waals surface area contributed by atoms with Gasteiger partial charge in [-0.25, -0.2) is 0 Å². The number of hydrogen-bond acceptors (Lipinski definition) is 10. The molecule has 0 radical (unpaired) electrons. The maximum absolute atomic E-state index is 13.9. The summed E-state index contributed by atoms with van der Waals surface area (Å²) >= 11 is 0. The number of benzene rings is 1. The van der Waals surface area contributed by atoms with Crippen LogP contribution in [-0.2, 0) is 25.6 Å². The van der Waals surface area contributed by atoms with Crippen molar-refractivity contribution in [2.24, 2.45) is 23.5 Å². The van der Waals surface area contributed by atoms with Crippen molar-refractivity contribution < 1.29 is 39.6 Å². The summed E-state index contributed by atoms with van der Waals surface area (Å²) in [6, 6.07) is 2.00. The van der Waals surface area contributed by atoms with E-state index >= 15 is 0 Å². The van der Waals surface area contributed by atoms with Crippen molar-refractivity contribution in [1.29, 1.82) is 0 Å². The average Bonchev–Trinajstić information content (AvgIpc) is 2.84. The molecule has 0 bridgehead atoms. The third-order valence-corrected chi connectivity index (χ3v) is 8.81. The van der Waals surface area contributed by atoms with Crippen molar-refractivity contribution in [2.75, 3.05) is 32.5 Å². The van der Waals surface area contributed by atoms with Crippen LogP contribution < -0.4 is 16.4 Å². The first kappa shape index (κ1) is 27.8. The summed E-state index contributed by atoms with van der Waals surface area (Å²) in [5, 5.41) is 50.6. The number of carbonyl (C=O) groups is 4. The zero-order valence-electron chi connectivity index (χ0n) is 22.4. The monoisotopic (exact) mass is 554 g/mol. The first-order valence-electron chi connectivity index (χ1n) is 13.4. The summed E-state index contributed by atoms with van der Waals surface area (Å²) in [5.41, 5.74) is 2.01. The fraction of sp³-hybridized carbons (Fsp3) is 0.500. The molecular formula is C28H34N4O8. The zero-order chi connectivity index (χ0) is 29.1. The number of anilines is 1. The van der Waals surface area contributed by atoms with Crippen LogP contribution in [0.5, 0.6) is 5.75 Å². The van der Waals surface area contributed by atoms with Crippen LogP contribution in [-0.4, -0.2) is 87.5 Å². The van der Waals surface area contributed by atoms with Gasteiger partial charge >= 0.3 is 0 Å². The van der Waals surface area contributed by atoms with Gasteiger partial charge in [0.15, 0.2) is 11.4 Å². The number of nitrogens with two attached hydrogens (primary N) is 1. The van der Waals surface area contributed by atoms with E-state index in [1.165, 1.54) is 17.4 Å². The molecule has 214 valence electrons. The predicted octanol–water partition coefficient (Wildman–Crippen LogP) is 0.292. The van der Waals surface area contributed by atoms with Crippen LogP contribution in [0.4, 0.5) is 5.69 Å². The highest BCUT2D eigenvalue weighted by molar-refractivity contribution is 6.24. The van der Waals surface area contributed by atoms with E-state index in [1.54, 1.807) is 20.2 Å². The largest absolute Gasteiger partial charge is 0.508 e. The van der Waals surface area contributed by atoms with Gasteiger partial charge in [0.25, 0.3) is 5.91 Å². The lowest BCUT2D eigenvalue weighted by atomic mass is 9.57. The second kappa shape index (κ2) is 10.0. The molecule has 4 aliphatic rings. The van der Waals surface area contributed by atoms with E-state index in [0.29, 0.717) is 11.5 Å². The zero-order valence-corrected chi connectivity index (χ0v) is 22.4. The van der Waals surface area contributed by atoms with E-state index in [4.69, 9.17) is 5.73 Å². The number of Topliss-reactive ketones (excluding diaryl/α,β-unsaturated/α-hetero) is 2. The van der Waals surface area contributed by atoms with E-state index in [-0.39, 0.29) is 36.2 Å². The number of likely N-dealkylation sites (N-methyl/N-ethyl adjacent to an activating group) is 1. The molecule has 0 saturated heterocycles. The van der Waals surface area contributed by atoms with E-state index in [2.05, 4.69) is 10.6 Å². The van der Waals surface area contributed by atoms with Crippen molar-refractivity contribution in [3.63, 3.8) is 0 Å². The summed E-state index contributed by atoms with van der Waals surface area (Å²) in [7, 11) is 3.09. The number of hydrogen-bond donors (Lipinski definition) is 7. The molecule has 0 heterocycles. The minimum atomic E-state index is -2.70. The summed E-state index contributed by atoms with van der Waals surface area (Å²) in [6.45, 7) is 0.761. The van der Waals surface area contributed by atoms with Crippen molar-refractivity contribution >= 4 is 34.8 Å². The molecule has 4 atom stereocenters. The van der Waals surface area contributed by atoms with Gasteiger partial charge in [-0.05, 0) is 69.8 Å². The molecule has 40 heavy (non-hydrogen) atoms. The lowest BCUT2D eigenvalue weighted by molar-refractivity contribution is -0.153. The fourth-order valence-corrected chi connectivity index (χ4v) is 6.60. The highest BCUT2D eigenvalue weighted by Crippen LogP contribution is 2.53. The molecule has 12 nitrogen and oxygen atoms in total. The van der Waals surface area contributed by atoms with Crippen LogP contribution in [0, 0.1) is 17.8 Å². The number of carbonyl (C=O) groups excluding carboxylic acids is 4. The van der Waals surface area contributed by atoms with Gasteiger partial charge in [-0.15, -0.1) is 0 Å². The van der Waals surface area contributed by atoms with Crippen molar-refractivity contribution in [3.8, 4) is 5.75 Å². The molecular weight excluding hydrogens is 520 g/mol. The van der Waals surface area contributed by atoms with E-state index in [1.807, 2.05) is 0 Å². The van der Waals surface area contributed by atoms with Crippen LogP contribution in [0.25, 0.3) is 5.76 Å². The van der Waals surface area contributed by atoms with Gasteiger partial charge < -0.3 is 36.8 Å². The van der Waals surface area contributed by atoms with Crippen LogP contribution in [0.15, 0.2) is 29.0 Å². The smallest absolute Gasteiger partial charge is 0.255 e. The van der Waals surface area contributed by atoms with Gasteiger partial charge in [0, 0.05) is 11.5 Å². The van der Waals surface area contributed by atoms with Gasteiger partial charge in [0.1, 0.15) is 22.8 Å². The Morgan fingerprint density at radius 1 is 1.15 bits per heavy atom. The molecule has 2 fully saturated rings. The van der Waals surface area contributed by atoms with Gasteiger partial charge in [-0.2, -0.15) is 0 Å². The van der Waals surface area contributed by atoms with Gasteiger partial charge in [-0.3, -0.25) is 24.1 Å². The number of phenolic OH excluding ortho intramolecular Hbond substituents is 1. The van der Waals surface area contributed by atoms with E-state index in [0.717, 1.165) is 19.4 Å². The van der Waals surface area contributed by atoms with Crippen LogP contribution in [0.1, 0.15) is 36.8 Å². The Kier molecular flexibility index (Phi) is 6.97. The first-order chi connectivity index (χ1) is 18.9. The molecule has 4 aliphatic carbocycles. The quantitative estimate of drug-likeness (QED) is 0.181. The highest BCUT2D eigenvalue weighted by Gasteiger charge is 2.64. The number of fused-ring (bicyclic) bond motifs is 3. The van der Waals surface area contributed by atoms with Gasteiger partial charge in [0.05, 0.1) is 23.8 Å². The lowest BCUT2D eigenvalue weighted by Gasteiger charge is -2.50. The second-order valence-electron chi connectivity index (χ2n) is 11.4. The molecule has 3 unspecified atom stereocenters. The van der Waals surface area contributed by atoms with Crippen molar-refractivity contribution in [3.05, 3.63) is 40.2 Å². The van der Waals surface area contributed by atoms with Crippen molar-refractivity contribution in [2.45, 2.75) is 43.7 Å². The standard InChI is InChI=1S/C28H34N4O8/c1-32(2)21-15-9-14-8-13-6-7-16(31-17(33)11-30-10-12-4-3-5-12)22(34)18(13)23(35)19(14)25(37)28(15,40)26(38)20(24(21)36)27(29)39/h6-7,12,14-15,21,30,34-35,38,40H,3-5,8-11H2,1-2H3,(H2,29,39)(H,31,33)/t14?,15?,21-,28?/m0/s1. The topological polar surface area (TPSA) is 203 Å². The number of aliphatic hydroxyl groups excluding tert-OH is 2. The van der Waals surface area contributed by atoms with Crippen LogP contribution in [0.2, 0.25) is 0 Å². The Hall–Kier alpha value is -3.74. The Bertz CT molecular complexity index is 1380. The summed E-state index contributed by atoms with van der Waals surface area (Å²) in [6.07, 6.45) is 3.65. The minimum Gasteiger partial charge on any atom is -0.508 e. The molecule has 5 rings (SSSR count). The number of rotatable bonds is 7. The highest BCUT2D eigenvalue weighted by atomic mass is 16.3. The number of ketones is 2. The number of primary amides is 1. The Morgan fingerprint density at radius 3 is 2.45 bits per heavy atom. The van der Waals surface area contributed by atoms with E-state index in [9.17, 15) is 39.6 Å². The molecule has 1 aromatic carbocycles. The van der Waals surface area contributed by atoms with Crippen molar-refractivity contribution in [1.82, 2.24) is 10.2 Å². The number of aliphatic hydroxyl groups is 3. The Balaban J connectivity index is 1.50. The summed E-state index contributed by atoms with van der Waals surface area (Å²) in [4.78, 5) is 53.0. The number of nitrogens with zero attached hydrogens (tertiary/aromatic N) is 1. The van der Waals surface area contributed by atoms with Gasteiger partial charge in [0.2, 0.25) is 11.7 Å². The van der Waals surface area contributed by atoms with Crippen LogP contribution >= 0.6 is 0 Å². The molecule has 1 aromatic rings. The lowest BCUT2D eigenvalue weighted by Crippen LogP contribution is -2.65. The Morgan fingerprint density at radius 2 is 1.85 bits per heavy atom. The second-order valence-corrected chi connectivity index (χ2v) is 11.4. The fourth-order valence-electron chi connectivity index (χ4n) is 6.60. The van der Waals surface area contributed by atoms with Crippen LogP contribution in [0.3, 0.4) is 0 Å². The molecule has 2 amide bonds. The molecule has 0 aliphatic heterocycles. The third-order valence-electron chi connectivity index (χ3n) is 8.81. The molecule has 12 heteroatoms. The van der Waals surface area contributed by atoms with Gasteiger partial charge in [-0.1, -0.05) is 12.5 Å². The molecule has 2 saturated carbocycles. The summed E-state index contributed by atoms with van der Waals surface area (Å²) in [5.74, 6) is -6.97. The number of aromatic hydroxyl groups is 1. The normalized spacial score (nSPS) is 28.1. The third kappa shape index (κ3) is 4.18. The average molecular weight is 555 g/mol. The Labute approximate surface area is 230 Å². The molecule has 8 N–H and O–H groups in total. The predicted molar refractivity (Wildman–Crippen MR) is 143 cm³/mol. The first-order valence-corrected chi connectivity index (χ1v) is 13.4. The van der Waals surface area contributed by atoms with E-state index < -0.39 is 69.7 Å². The molecule has 0 spiro atoms. The minimum absolute atomic E-state index is 0.0116. The number of phenols is 1. The summed E-state index contributed by atoms with van der Waals surface area (Å²) < 4.78 is 0. The number of amides is 2. The maximum atomic E-state index is 13.9. The SMILES string of the molecule is CN(C)[C@@H]1C(=O)C(C(N)=O)=C(O)C2(O)C(=O)C3=C(O)c4c(ccc(NC(=O)CNCC5CCC5)c4O)CC3CC12. The maximum Gasteiger partial charge on any atom is 0.255 e. The molecule has 0 aromatic heterocycles.